The molecule has 1 heterocycles. The number of hydrogen-bond donors (Lipinski definition) is 0. The molecule has 55 valence electrons. The second-order valence-corrected chi connectivity index (χ2v) is 2.46. The Morgan fingerprint density at radius 3 is 2.73 bits per heavy atom. The molecule has 2 nitrogen and oxygen atoms in total. The van der Waals surface area contributed by atoms with E-state index in [9.17, 15) is 0 Å². The Bertz CT molecular complexity index is 219. The van der Waals surface area contributed by atoms with Gasteiger partial charge in [-0.3, -0.25) is 0 Å². The van der Waals surface area contributed by atoms with Gasteiger partial charge >= 0.3 is 7.69 Å². The SMILES string of the molecule is [B]1OCC(c2ccccc2)O1. The van der Waals surface area contributed by atoms with Crippen LogP contribution in [0.15, 0.2) is 30.3 Å². The molecule has 11 heavy (non-hydrogen) atoms. The topological polar surface area (TPSA) is 18.5 Å². The number of benzene rings is 1. The van der Waals surface area contributed by atoms with Gasteiger partial charge in [-0.1, -0.05) is 30.3 Å². The second-order valence-electron chi connectivity index (χ2n) is 2.46. The summed E-state index contributed by atoms with van der Waals surface area (Å²) in [7, 11) is 1.40. The molecule has 3 heteroatoms. The van der Waals surface area contributed by atoms with Gasteiger partial charge in [0.2, 0.25) is 0 Å². The average molecular weight is 147 g/mol. The number of hydrogen-bond acceptors (Lipinski definition) is 2. The first kappa shape index (κ1) is 6.89. The molecule has 1 radical (unpaired) electrons. The third kappa shape index (κ3) is 1.44. The van der Waals surface area contributed by atoms with Crippen molar-refractivity contribution in [3.8, 4) is 0 Å². The quantitative estimate of drug-likeness (QED) is 0.557. The summed E-state index contributed by atoms with van der Waals surface area (Å²) in [6, 6.07) is 10.1. The van der Waals surface area contributed by atoms with E-state index in [1.165, 1.54) is 13.2 Å². The summed E-state index contributed by atoms with van der Waals surface area (Å²) in [6.07, 6.45) is 0.0937. The van der Waals surface area contributed by atoms with Gasteiger partial charge in [-0.2, -0.15) is 0 Å². The van der Waals surface area contributed by atoms with Gasteiger partial charge in [0, 0.05) is 0 Å². The van der Waals surface area contributed by atoms with Crippen molar-refractivity contribution in [2.24, 2.45) is 0 Å². The molecule has 1 aromatic carbocycles. The van der Waals surface area contributed by atoms with E-state index in [-0.39, 0.29) is 6.10 Å². The van der Waals surface area contributed by atoms with Gasteiger partial charge in [0.1, 0.15) is 0 Å². The average Bonchev–Trinajstić information content (AvgIpc) is 2.58. The van der Waals surface area contributed by atoms with Gasteiger partial charge in [0.05, 0.1) is 12.7 Å². The van der Waals surface area contributed by atoms with Crippen LogP contribution in [0.1, 0.15) is 11.7 Å². The predicted octanol–water partition coefficient (Wildman–Crippen LogP) is 1.31. The Balaban J connectivity index is 2.16. The van der Waals surface area contributed by atoms with Gasteiger partial charge in [-0.25, -0.2) is 0 Å². The second kappa shape index (κ2) is 3.07. The Morgan fingerprint density at radius 2 is 2.09 bits per heavy atom. The van der Waals surface area contributed by atoms with Crippen LogP contribution in [-0.4, -0.2) is 14.3 Å². The fourth-order valence-corrected chi connectivity index (χ4v) is 1.11. The maximum absolute atomic E-state index is 5.19. The highest BCUT2D eigenvalue weighted by atomic mass is 16.6. The zero-order valence-corrected chi connectivity index (χ0v) is 6.07. The summed E-state index contributed by atoms with van der Waals surface area (Å²) in [4.78, 5) is 0. The molecule has 1 aliphatic rings. The van der Waals surface area contributed by atoms with E-state index in [4.69, 9.17) is 9.31 Å². The molecule has 1 atom stereocenters. The van der Waals surface area contributed by atoms with E-state index in [0.717, 1.165) is 0 Å². The van der Waals surface area contributed by atoms with E-state index in [0.29, 0.717) is 6.61 Å². The standard InChI is InChI=1S/C8H8BO2/c1-2-4-7(5-3-1)8-6-10-9-11-8/h1-5,8H,6H2. The molecule has 0 saturated carbocycles. The summed E-state index contributed by atoms with van der Waals surface area (Å²) in [5.41, 5.74) is 1.17. The molecule has 1 fully saturated rings. The molecule has 1 unspecified atom stereocenters. The molecule has 2 rings (SSSR count). The lowest BCUT2D eigenvalue weighted by Crippen LogP contribution is -1.98. The summed E-state index contributed by atoms with van der Waals surface area (Å²) in [5, 5.41) is 0. The Kier molecular flexibility index (Phi) is 1.92. The highest BCUT2D eigenvalue weighted by molar-refractivity contribution is 6.18. The summed E-state index contributed by atoms with van der Waals surface area (Å²) in [6.45, 7) is 0.629. The number of rotatable bonds is 1. The van der Waals surface area contributed by atoms with Crippen LogP contribution in [-0.2, 0) is 9.31 Å². The van der Waals surface area contributed by atoms with Crippen molar-refractivity contribution in [2.45, 2.75) is 6.10 Å². The maximum Gasteiger partial charge on any atom is 0.488 e. The fraction of sp³-hybridized carbons (Fsp3) is 0.250. The van der Waals surface area contributed by atoms with Gasteiger partial charge in [0.25, 0.3) is 0 Å². The molecular weight excluding hydrogens is 139 g/mol. The predicted molar refractivity (Wildman–Crippen MR) is 42.0 cm³/mol. The van der Waals surface area contributed by atoms with Crippen LogP contribution < -0.4 is 0 Å². The van der Waals surface area contributed by atoms with Crippen LogP contribution in [0.25, 0.3) is 0 Å². The first-order chi connectivity index (χ1) is 5.47. The van der Waals surface area contributed by atoms with E-state index >= 15 is 0 Å². The van der Waals surface area contributed by atoms with Crippen molar-refractivity contribution < 1.29 is 9.31 Å². The maximum atomic E-state index is 5.19. The van der Waals surface area contributed by atoms with E-state index < -0.39 is 0 Å². The minimum atomic E-state index is 0.0937. The first-order valence-electron chi connectivity index (χ1n) is 3.60. The van der Waals surface area contributed by atoms with Crippen LogP contribution in [0.2, 0.25) is 0 Å². The largest absolute Gasteiger partial charge is 0.488 e. The fourth-order valence-electron chi connectivity index (χ4n) is 1.11. The molecule has 0 amide bonds. The summed E-state index contributed by atoms with van der Waals surface area (Å²) in [5.74, 6) is 0. The van der Waals surface area contributed by atoms with Crippen LogP contribution in [0.3, 0.4) is 0 Å². The highest BCUT2D eigenvalue weighted by Gasteiger charge is 2.18. The Labute approximate surface area is 66.4 Å². The van der Waals surface area contributed by atoms with Crippen LogP contribution in [0.5, 0.6) is 0 Å². The van der Waals surface area contributed by atoms with Crippen LogP contribution in [0, 0.1) is 0 Å². The molecule has 0 aromatic heterocycles. The molecule has 0 aliphatic carbocycles. The molecule has 1 saturated heterocycles. The minimum Gasteiger partial charge on any atom is -0.410 e. The summed E-state index contributed by atoms with van der Waals surface area (Å²) >= 11 is 0. The van der Waals surface area contributed by atoms with Gasteiger partial charge < -0.3 is 9.31 Å². The van der Waals surface area contributed by atoms with Crippen molar-refractivity contribution in [3.05, 3.63) is 35.9 Å². The van der Waals surface area contributed by atoms with Crippen molar-refractivity contribution in [1.82, 2.24) is 0 Å². The van der Waals surface area contributed by atoms with Crippen molar-refractivity contribution >= 4 is 7.69 Å². The van der Waals surface area contributed by atoms with E-state index in [1.54, 1.807) is 0 Å². The van der Waals surface area contributed by atoms with Crippen LogP contribution >= 0.6 is 0 Å². The molecule has 0 bridgehead atoms. The van der Waals surface area contributed by atoms with Gasteiger partial charge in [-0.15, -0.1) is 0 Å². The van der Waals surface area contributed by atoms with E-state index in [2.05, 4.69) is 0 Å². The normalized spacial score (nSPS) is 23.1. The third-order valence-corrected chi connectivity index (χ3v) is 1.71. The third-order valence-electron chi connectivity index (χ3n) is 1.71. The molecular formula is C8H8BO2. The van der Waals surface area contributed by atoms with Gasteiger partial charge in [0.15, 0.2) is 0 Å². The lowest BCUT2D eigenvalue weighted by Gasteiger charge is -2.06. The molecule has 1 aliphatic heterocycles. The Morgan fingerprint density at radius 1 is 1.27 bits per heavy atom. The molecule has 0 N–H and O–H groups in total. The zero-order valence-electron chi connectivity index (χ0n) is 6.07. The van der Waals surface area contributed by atoms with E-state index in [1.807, 2.05) is 30.3 Å². The Hall–Kier alpha value is -0.795. The van der Waals surface area contributed by atoms with Crippen molar-refractivity contribution in [2.75, 3.05) is 6.61 Å². The minimum absolute atomic E-state index is 0.0937. The van der Waals surface area contributed by atoms with Crippen molar-refractivity contribution in [1.29, 1.82) is 0 Å². The molecule has 1 aromatic rings. The zero-order chi connectivity index (χ0) is 7.52. The smallest absolute Gasteiger partial charge is 0.410 e. The lowest BCUT2D eigenvalue weighted by atomic mass is 10.1. The summed E-state index contributed by atoms with van der Waals surface area (Å²) < 4.78 is 10.2. The monoisotopic (exact) mass is 147 g/mol. The molecule has 0 spiro atoms. The lowest BCUT2D eigenvalue weighted by molar-refractivity contribution is 0.243. The first-order valence-corrected chi connectivity index (χ1v) is 3.60. The van der Waals surface area contributed by atoms with Gasteiger partial charge in [-0.05, 0) is 5.56 Å². The highest BCUT2D eigenvalue weighted by Crippen LogP contribution is 2.20. The van der Waals surface area contributed by atoms with Crippen LogP contribution in [0.4, 0.5) is 0 Å². The van der Waals surface area contributed by atoms with Crippen molar-refractivity contribution in [3.63, 3.8) is 0 Å².